The molecule has 0 bridgehead atoms. The molecule has 0 fully saturated rings. The predicted molar refractivity (Wildman–Crippen MR) is 51.7 cm³/mol. The average Bonchev–Trinajstić information content (AvgIpc) is 2.15. The van der Waals surface area contributed by atoms with Crippen molar-refractivity contribution in [1.29, 1.82) is 0 Å². The lowest BCUT2D eigenvalue weighted by atomic mass is 10.1. The highest BCUT2D eigenvalue weighted by Crippen LogP contribution is 2.30. The van der Waals surface area contributed by atoms with Crippen molar-refractivity contribution in [3.63, 3.8) is 0 Å². The highest BCUT2D eigenvalue weighted by atomic mass is 19.4. The van der Waals surface area contributed by atoms with Crippen LogP contribution in [0.3, 0.4) is 0 Å². The molecule has 0 aromatic carbocycles. The number of halogens is 3. The first-order valence-corrected chi connectivity index (χ1v) is 4.14. The fourth-order valence-electron chi connectivity index (χ4n) is 0.976. The van der Waals surface area contributed by atoms with Crippen LogP contribution in [0.4, 0.5) is 19.0 Å². The van der Waals surface area contributed by atoms with Crippen molar-refractivity contribution in [2.75, 3.05) is 12.3 Å². The Morgan fingerprint density at radius 1 is 1.40 bits per heavy atom. The highest BCUT2D eigenvalue weighted by Gasteiger charge is 2.31. The van der Waals surface area contributed by atoms with Crippen LogP contribution >= 0.6 is 0 Å². The molecule has 15 heavy (non-hydrogen) atoms. The minimum atomic E-state index is -4.41. The van der Waals surface area contributed by atoms with Gasteiger partial charge in [-0.2, -0.15) is 13.2 Å². The molecule has 82 valence electrons. The maximum Gasteiger partial charge on any atom is 0.417 e. The quantitative estimate of drug-likeness (QED) is 0.791. The number of hydrogen-bond acceptors (Lipinski definition) is 3. The smallest absolute Gasteiger partial charge is 0.383 e. The summed E-state index contributed by atoms with van der Waals surface area (Å²) in [5.74, 6) is 0.0488. The average molecular weight is 217 g/mol. The molecule has 0 atom stereocenters. The number of nitrogens with two attached hydrogens (primary N) is 2. The van der Waals surface area contributed by atoms with E-state index < -0.39 is 11.7 Å². The van der Waals surface area contributed by atoms with Crippen LogP contribution in [0.1, 0.15) is 11.1 Å². The standard InChI is InChI=1S/C9H10F3N3/c10-9(11,12)7-4-6(2-1-3-13)8(14)15-5-7/h1-2,4-5H,3,13H2,(H2,14,15). The molecule has 0 saturated heterocycles. The third-order valence-corrected chi connectivity index (χ3v) is 1.71. The topological polar surface area (TPSA) is 64.9 Å². The van der Waals surface area contributed by atoms with Gasteiger partial charge in [0, 0.05) is 18.3 Å². The summed E-state index contributed by atoms with van der Waals surface area (Å²) in [7, 11) is 0. The number of aromatic nitrogens is 1. The number of rotatable bonds is 2. The van der Waals surface area contributed by atoms with Crippen molar-refractivity contribution in [2.24, 2.45) is 5.73 Å². The van der Waals surface area contributed by atoms with E-state index >= 15 is 0 Å². The minimum Gasteiger partial charge on any atom is -0.383 e. The molecule has 1 heterocycles. The molecule has 4 N–H and O–H groups in total. The van der Waals surface area contributed by atoms with Crippen LogP contribution < -0.4 is 11.5 Å². The second-order valence-electron chi connectivity index (χ2n) is 2.83. The fourth-order valence-corrected chi connectivity index (χ4v) is 0.976. The van der Waals surface area contributed by atoms with Gasteiger partial charge in [-0.3, -0.25) is 0 Å². The molecule has 0 spiro atoms. The van der Waals surface area contributed by atoms with Crippen LogP contribution in [-0.4, -0.2) is 11.5 Å². The van der Waals surface area contributed by atoms with E-state index in [-0.39, 0.29) is 17.9 Å². The fraction of sp³-hybridized carbons (Fsp3) is 0.222. The normalized spacial score (nSPS) is 12.3. The molecule has 0 aliphatic heterocycles. The Morgan fingerprint density at radius 2 is 2.07 bits per heavy atom. The number of nitrogen functional groups attached to an aromatic ring is 1. The Balaban J connectivity index is 3.11. The lowest BCUT2D eigenvalue weighted by molar-refractivity contribution is -0.137. The van der Waals surface area contributed by atoms with Crippen LogP contribution in [0.15, 0.2) is 18.3 Å². The van der Waals surface area contributed by atoms with Gasteiger partial charge in [0.05, 0.1) is 5.56 Å². The number of alkyl halides is 3. The molecule has 0 saturated carbocycles. The summed E-state index contributed by atoms with van der Waals surface area (Å²) in [6, 6.07) is 0.939. The lowest BCUT2D eigenvalue weighted by Gasteiger charge is -2.07. The summed E-state index contributed by atoms with van der Waals surface area (Å²) in [6.45, 7) is 0.232. The zero-order valence-corrected chi connectivity index (χ0v) is 7.75. The van der Waals surface area contributed by atoms with E-state index in [4.69, 9.17) is 11.5 Å². The summed E-state index contributed by atoms with van der Waals surface area (Å²) in [5.41, 5.74) is 9.98. The maximum atomic E-state index is 12.3. The van der Waals surface area contributed by atoms with Crippen molar-refractivity contribution < 1.29 is 13.2 Å². The zero-order valence-electron chi connectivity index (χ0n) is 7.75. The van der Waals surface area contributed by atoms with Crippen LogP contribution in [0.2, 0.25) is 0 Å². The van der Waals surface area contributed by atoms with Gasteiger partial charge < -0.3 is 11.5 Å². The van der Waals surface area contributed by atoms with Gasteiger partial charge in [0.15, 0.2) is 0 Å². The van der Waals surface area contributed by atoms with Crippen molar-refractivity contribution in [1.82, 2.24) is 4.98 Å². The lowest BCUT2D eigenvalue weighted by Crippen LogP contribution is -2.07. The van der Waals surface area contributed by atoms with Crippen molar-refractivity contribution >= 4 is 11.9 Å². The third-order valence-electron chi connectivity index (χ3n) is 1.71. The maximum absolute atomic E-state index is 12.3. The van der Waals surface area contributed by atoms with E-state index in [2.05, 4.69) is 4.98 Å². The van der Waals surface area contributed by atoms with Crippen molar-refractivity contribution in [3.8, 4) is 0 Å². The van der Waals surface area contributed by atoms with Crippen LogP contribution in [0.25, 0.3) is 6.08 Å². The van der Waals surface area contributed by atoms with Crippen molar-refractivity contribution in [3.05, 3.63) is 29.5 Å². The summed E-state index contributed by atoms with van der Waals surface area (Å²) in [5, 5.41) is 0. The van der Waals surface area contributed by atoms with E-state index in [1.54, 1.807) is 0 Å². The monoisotopic (exact) mass is 217 g/mol. The first-order valence-electron chi connectivity index (χ1n) is 4.14. The second-order valence-corrected chi connectivity index (χ2v) is 2.83. The molecule has 0 aliphatic rings. The molecule has 3 nitrogen and oxygen atoms in total. The molecular weight excluding hydrogens is 207 g/mol. The molecule has 1 rings (SSSR count). The zero-order chi connectivity index (χ0) is 11.5. The molecule has 0 amide bonds. The van der Waals surface area contributed by atoms with Gasteiger partial charge >= 0.3 is 6.18 Å². The van der Waals surface area contributed by atoms with Crippen molar-refractivity contribution in [2.45, 2.75) is 6.18 Å². The third kappa shape index (κ3) is 2.95. The number of nitrogens with zero attached hydrogens (tertiary/aromatic N) is 1. The molecule has 1 aromatic rings. The Bertz CT molecular complexity index is 371. The number of hydrogen-bond donors (Lipinski definition) is 2. The Labute approximate surface area is 84.6 Å². The van der Waals surface area contributed by atoms with E-state index in [9.17, 15) is 13.2 Å². The second kappa shape index (κ2) is 4.31. The predicted octanol–water partition coefficient (Wildman–Crippen LogP) is 1.65. The van der Waals surface area contributed by atoms with Gasteiger partial charge in [-0.25, -0.2) is 4.98 Å². The first kappa shape index (κ1) is 11.5. The SMILES string of the molecule is NCC=Cc1cc(C(F)(F)F)cnc1N. The molecular formula is C9H10F3N3. The van der Waals surface area contributed by atoms with Crippen LogP contribution in [-0.2, 0) is 6.18 Å². The van der Waals surface area contributed by atoms with Gasteiger partial charge in [-0.1, -0.05) is 12.2 Å². The molecule has 0 radical (unpaired) electrons. The molecule has 1 aromatic heterocycles. The van der Waals surface area contributed by atoms with Crippen LogP contribution in [0.5, 0.6) is 0 Å². The molecule has 0 unspecified atom stereocenters. The van der Waals surface area contributed by atoms with E-state index in [0.717, 1.165) is 6.07 Å². The highest BCUT2D eigenvalue weighted by molar-refractivity contribution is 5.61. The first-order chi connectivity index (χ1) is 6.95. The van der Waals surface area contributed by atoms with E-state index in [1.165, 1.54) is 12.2 Å². The van der Waals surface area contributed by atoms with Gasteiger partial charge in [-0.15, -0.1) is 0 Å². The Kier molecular flexibility index (Phi) is 3.31. The summed E-state index contributed by atoms with van der Waals surface area (Å²) >= 11 is 0. The van der Waals surface area contributed by atoms with E-state index in [1.807, 2.05) is 0 Å². The van der Waals surface area contributed by atoms with Gasteiger partial charge in [0.25, 0.3) is 0 Å². The molecule has 0 aliphatic carbocycles. The van der Waals surface area contributed by atoms with Crippen LogP contribution in [0, 0.1) is 0 Å². The number of pyridine rings is 1. The summed E-state index contributed by atoms with van der Waals surface area (Å²) in [4.78, 5) is 3.46. The largest absolute Gasteiger partial charge is 0.417 e. The van der Waals surface area contributed by atoms with Gasteiger partial charge in [0.1, 0.15) is 5.82 Å². The minimum absolute atomic E-state index is 0.0488. The Morgan fingerprint density at radius 3 is 2.60 bits per heavy atom. The molecule has 6 heteroatoms. The summed E-state index contributed by atoms with van der Waals surface area (Å²) in [6.07, 6.45) is -0.785. The Hall–Kier alpha value is -1.56. The van der Waals surface area contributed by atoms with E-state index in [0.29, 0.717) is 6.20 Å². The summed E-state index contributed by atoms with van der Waals surface area (Å²) < 4.78 is 36.9. The van der Waals surface area contributed by atoms with Gasteiger partial charge in [0.2, 0.25) is 0 Å². The van der Waals surface area contributed by atoms with Gasteiger partial charge in [-0.05, 0) is 6.07 Å². The number of anilines is 1.